The fourth-order valence-electron chi connectivity index (χ4n) is 12.3. The average molecular weight is 1050 g/mol. The molecule has 75 heavy (non-hydrogen) atoms. The zero-order valence-corrected chi connectivity index (χ0v) is 43.5. The van der Waals surface area contributed by atoms with Crippen LogP contribution in [0.15, 0.2) is 96.2 Å². The second-order valence-corrected chi connectivity index (χ2v) is 23.7. The fraction of sp³-hybridized carbons (Fsp3) is 0.439. The summed E-state index contributed by atoms with van der Waals surface area (Å²) in [6.07, 6.45) is 10.4. The molecular weight excluding hydrogens is 979 g/mol. The number of amides is 1. The van der Waals surface area contributed by atoms with Gasteiger partial charge in [-0.15, -0.1) is 0 Å². The van der Waals surface area contributed by atoms with E-state index >= 15 is 0 Å². The number of carbonyl (C=O) groups excluding carboxylic acids is 1. The van der Waals surface area contributed by atoms with Crippen molar-refractivity contribution in [2.45, 2.75) is 107 Å². The number of aromatic amines is 1. The van der Waals surface area contributed by atoms with E-state index < -0.39 is 33.2 Å². The Balaban J connectivity index is 0.794. The SMILES string of the molecule is CC(C)c1ccccc1[C@@H]1CN(Cc2c(F)cccc2F)CCN1C1CC2(CCN(c3ccc(C(=O)NS(=O)(=O)c4cc(N)c(NCC5CCC(C)(O)CC5)c5c4OCO5)c(Oc4cnc5[nH]ccc5c4)c3)CC2)C1. The molecule has 2 saturated carbocycles. The van der Waals surface area contributed by atoms with Crippen LogP contribution in [-0.2, 0) is 16.6 Å². The minimum atomic E-state index is -4.58. The van der Waals surface area contributed by atoms with E-state index in [2.05, 4.69) is 72.8 Å². The minimum Gasteiger partial charge on any atom is -0.455 e. The van der Waals surface area contributed by atoms with Crippen LogP contribution in [0.25, 0.3) is 11.0 Å². The number of anilines is 3. The molecule has 2 aromatic heterocycles. The van der Waals surface area contributed by atoms with E-state index in [0.717, 1.165) is 69.2 Å². The third kappa shape index (κ3) is 10.3. The van der Waals surface area contributed by atoms with E-state index in [1.165, 1.54) is 35.4 Å². The van der Waals surface area contributed by atoms with Crippen molar-refractivity contribution >= 4 is 44.0 Å². The number of piperidine rings is 1. The van der Waals surface area contributed by atoms with Crippen LogP contribution in [0, 0.1) is 23.0 Å². The van der Waals surface area contributed by atoms with Gasteiger partial charge >= 0.3 is 0 Å². The third-order valence-electron chi connectivity index (χ3n) is 16.6. The van der Waals surface area contributed by atoms with Crippen LogP contribution in [0.4, 0.5) is 25.8 Å². The zero-order valence-electron chi connectivity index (χ0n) is 42.7. The van der Waals surface area contributed by atoms with Crippen LogP contribution < -0.4 is 34.9 Å². The Hall–Kier alpha value is -6.47. The Morgan fingerprint density at radius 3 is 2.45 bits per heavy atom. The summed E-state index contributed by atoms with van der Waals surface area (Å²) in [4.78, 5) is 28.6. The maximum atomic E-state index is 14.9. The zero-order chi connectivity index (χ0) is 52.2. The van der Waals surface area contributed by atoms with Gasteiger partial charge in [0, 0.05) is 86.8 Å². The van der Waals surface area contributed by atoms with E-state index in [0.29, 0.717) is 61.5 Å². The Bertz CT molecular complexity index is 3200. The van der Waals surface area contributed by atoms with E-state index in [1.807, 2.05) is 19.1 Å². The van der Waals surface area contributed by atoms with Gasteiger partial charge < -0.3 is 40.3 Å². The number of ether oxygens (including phenoxy) is 3. The number of nitrogens with two attached hydrogens (primary N) is 1. The highest BCUT2D eigenvalue weighted by Gasteiger charge is 2.50. The number of carbonyl (C=O) groups is 1. The van der Waals surface area contributed by atoms with Crippen LogP contribution in [0.2, 0.25) is 0 Å². The van der Waals surface area contributed by atoms with Gasteiger partial charge in [0.05, 0.1) is 23.0 Å². The second kappa shape index (κ2) is 20.2. The molecule has 2 aliphatic carbocycles. The standard InChI is InChI=1S/C57H66F2N8O7S/c1-35(2)41-7-4-5-8-42(41)48-33-65(32-44-45(58)9-6-10-46(44)59)23-24-67(48)39-28-57(29-39)18-21-66(22-19-57)38-11-12-43(49(26-38)74-40-25-37-15-20-61-54(37)63-31-40)55(68)64-75(70,71)50-27-47(60)51(53-52(50)72-34-73-53)62-30-36-13-16-56(3,69)17-14-36/h4-12,15,20,25-27,31,35-36,39,48,62,69H,13-14,16-19,21-24,28-30,32-34,60H2,1-3H3,(H,61,63)(H,64,68)/t36?,48-,56?/m0/s1. The first kappa shape index (κ1) is 50.7. The Morgan fingerprint density at radius 2 is 1.69 bits per heavy atom. The van der Waals surface area contributed by atoms with Crippen molar-refractivity contribution in [3.05, 3.63) is 125 Å². The molecule has 1 amide bonds. The molecule has 4 fully saturated rings. The first-order valence-electron chi connectivity index (χ1n) is 26.3. The Labute approximate surface area is 436 Å². The summed E-state index contributed by atoms with van der Waals surface area (Å²) in [7, 11) is -4.58. The minimum absolute atomic E-state index is 0.00827. The number of nitrogen functional groups attached to an aromatic ring is 1. The lowest BCUT2D eigenvalue weighted by molar-refractivity contribution is -0.0630. The molecule has 3 aliphatic heterocycles. The Morgan fingerprint density at radius 1 is 0.947 bits per heavy atom. The highest BCUT2D eigenvalue weighted by Crippen LogP contribution is 2.54. The molecule has 18 heteroatoms. The highest BCUT2D eigenvalue weighted by molar-refractivity contribution is 7.90. The Kier molecular flexibility index (Phi) is 13.7. The number of H-pyrrole nitrogens is 1. The molecule has 396 valence electrons. The summed E-state index contributed by atoms with van der Waals surface area (Å²) in [5.74, 6) is -0.731. The number of pyridine rings is 1. The van der Waals surface area contributed by atoms with Gasteiger partial charge in [-0.1, -0.05) is 44.2 Å². The topological polar surface area (TPSA) is 188 Å². The smallest absolute Gasteiger partial charge is 0.268 e. The predicted octanol–water partition coefficient (Wildman–Crippen LogP) is 9.85. The molecule has 0 unspecified atom stereocenters. The number of sulfonamides is 1. The number of hydrogen-bond donors (Lipinski definition) is 5. The van der Waals surface area contributed by atoms with Crippen molar-refractivity contribution in [1.29, 1.82) is 0 Å². The highest BCUT2D eigenvalue weighted by atomic mass is 32.2. The second-order valence-electron chi connectivity index (χ2n) is 22.1. The predicted molar refractivity (Wildman–Crippen MR) is 284 cm³/mol. The van der Waals surface area contributed by atoms with Crippen molar-refractivity contribution in [2.75, 3.05) is 62.0 Å². The number of nitrogens with zero attached hydrogens (tertiary/aromatic N) is 4. The van der Waals surface area contributed by atoms with Crippen molar-refractivity contribution in [3.8, 4) is 23.0 Å². The van der Waals surface area contributed by atoms with E-state index in [-0.39, 0.29) is 69.7 Å². The molecular formula is C57H66F2N8O7S. The maximum Gasteiger partial charge on any atom is 0.268 e. The summed E-state index contributed by atoms with van der Waals surface area (Å²) >= 11 is 0. The van der Waals surface area contributed by atoms with Gasteiger partial charge in [-0.25, -0.2) is 26.9 Å². The number of nitrogens with one attached hydrogen (secondary N) is 3. The molecule has 1 atom stereocenters. The van der Waals surface area contributed by atoms with E-state index in [1.54, 1.807) is 30.6 Å². The third-order valence-corrected chi connectivity index (χ3v) is 18.0. The van der Waals surface area contributed by atoms with Gasteiger partial charge in [0.2, 0.25) is 6.79 Å². The lowest BCUT2D eigenvalue weighted by atomic mass is 9.59. The lowest BCUT2D eigenvalue weighted by Crippen LogP contribution is -2.60. The number of benzene rings is 4. The van der Waals surface area contributed by atoms with Crippen molar-refractivity contribution in [2.24, 2.45) is 11.3 Å². The summed E-state index contributed by atoms with van der Waals surface area (Å²) in [5, 5.41) is 14.6. The van der Waals surface area contributed by atoms with Gasteiger partial charge in [0.1, 0.15) is 39.4 Å². The molecule has 6 aromatic rings. The molecule has 5 aliphatic rings. The van der Waals surface area contributed by atoms with Crippen LogP contribution in [0.5, 0.6) is 23.0 Å². The van der Waals surface area contributed by atoms with Crippen molar-refractivity contribution in [1.82, 2.24) is 24.5 Å². The average Bonchev–Trinajstić information content (AvgIpc) is 4.08. The van der Waals surface area contributed by atoms with Crippen molar-refractivity contribution in [3.63, 3.8) is 0 Å². The van der Waals surface area contributed by atoms with Gasteiger partial charge in [0.25, 0.3) is 15.9 Å². The molecule has 6 N–H and O–H groups in total. The number of hydrogen-bond acceptors (Lipinski definition) is 13. The fourth-order valence-corrected chi connectivity index (χ4v) is 13.4. The largest absolute Gasteiger partial charge is 0.455 e. The molecule has 0 radical (unpaired) electrons. The summed E-state index contributed by atoms with van der Waals surface area (Å²) < 4.78 is 78.3. The summed E-state index contributed by atoms with van der Waals surface area (Å²) in [5.41, 5.74) is 10.7. The lowest BCUT2D eigenvalue weighted by Gasteiger charge is -2.58. The molecule has 11 rings (SSSR count). The molecule has 1 spiro atoms. The monoisotopic (exact) mass is 1040 g/mol. The maximum absolute atomic E-state index is 14.9. The molecule has 15 nitrogen and oxygen atoms in total. The van der Waals surface area contributed by atoms with Crippen LogP contribution in [0.3, 0.4) is 0 Å². The quantitative estimate of drug-likeness (QED) is 0.0650. The normalized spacial score (nSPS) is 22.1. The number of aromatic nitrogens is 2. The number of halogens is 2. The first-order valence-corrected chi connectivity index (χ1v) is 27.8. The number of fused-ring (bicyclic) bond motifs is 2. The molecule has 4 aromatic carbocycles. The number of rotatable bonds is 14. The van der Waals surface area contributed by atoms with E-state index in [9.17, 15) is 27.1 Å². The summed E-state index contributed by atoms with van der Waals surface area (Å²) in [6.45, 7) is 10.5. The van der Waals surface area contributed by atoms with E-state index in [4.69, 9.17) is 19.9 Å². The van der Waals surface area contributed by atoms with Gasteiger partial charge in [0.15, 0.2) is 11.5 Å². The molecule has 0 bridgehead atoms. The molecule has 2 saturated heterocycles. The van der Waals surface area contributed by atoms with Crippen LogP contribution in [0.1, 0.15) is 111 Å². The van der Waals surface area contributed by atoms with Crippen molar-refractivity contribution < 1.29 is 41.3 Å². The first-order chi connectivity index (χ1) is 36.0. The number of aliphatic hydroxyl groups is 1. The summed E-state index contributed by atoms with van der Waals surface area (Å²) in [6, 6.07) is 23.3. The van der Waals surface area contributed by atoms with Gasteiger partial charge in [-0.2, -0.15) is 0 Å². The van der Waals surface area contributed by atoms with Crippen LogP contribution in [-0.4, -0.2) is 96.9 Å². The van der Waals surface area contributed by atoms with Crippen LogP contribution >= 0.6 is 0 Å². The number of piperazine rings is 1. The molecule has 5 heterocycles. The van der Waals surface area contributed by atoms with Gasteiger partial charge in [-0.05, 0) is 129 Å². The van der Waals surface area contributed by atoms with Gasteiger partial charge in [-0.3, -0.25) is 14.6 Å².